The first kappa shape index (κ1) is 11.4. The summed E-state index contributed by atoms with van der Waals surface area (Å²) in [7, 11) is 0. The highest BCUT2D eigenvalue weighted by molar-refractivity contribution is 5.66. The fraction of sp³-hybridized carbons (Fsp3) is 0.231. The van der Waals surface area contributed by atoms with Gasteiger partial charge in [0.1, 0.15) is 0 Å². The molecule has 0 unspecified atom stereocenters. The van der Waals surface area contributed by atoms with Crippen LogP contribution in [-0.4, -0.2) is 20.9 Å². The molecular weight excluding hydrogens is 216 g/mol. The smallest absolute Gasteiger partial charge is 0.303 e. The number of aromatic nitrogens is 2. The van der Waals surface area contributed by atoms with E-state index >= 15 is 0 Å². The van der Waals surface area contributed by atoms with Crippen LogP contribution in [0.4, 0.5) is 0 Å². The van der Waals surface area contributed by atoms with E-state index in [4.69, 9.17) is 5.11 Å². The van der Waals surface area contributed by atoms with E-state index in [-0.39, 0.29) is 6.42 Å². The molecule has 0 amide bonds. The summed E-state index contributed by atoms with van der Waals surface area (Å²) in [6, 6.07) is 9.86. The molecule has 2 aromatic rings. The van der Waals surface area contributed by atoms with Crippen molar-refractivity contribution in [2.24, 2.45) is 0 Å². The molecule has 88 valence electrons. The van der Waals surface area contributed by atoms with Crippen LogP contribution in [0.15, 0.2) is 36.5 Å². The predicted octanol–water partition coefficient (Wildman–Crippen LogP) is 2.20. The molecule has 1 N–H and O–H groups in total. The van der Waals surface area contributed by atoms with Crippen LogP contribution in [0.3, 0.4) is 0 Å². The lowest BCUT2D eigenvalue weighted by Crippen LogP contribution is -2.00. The summed E-state index contributed by atoms with van der Waals surface area (Å²) in [5, 5.41) is 12.9. The number of carbonyl (C=O) groups is 1. The van der Waals surface area contributed by atoms with Crippen LogP contribution in [0.2, 0.25) is 0 Å². The van der Waals surface area contributed by atoms with Gasteiger partial charge in [-0.2, -0.15) is 5.10 Å². The Balaban J connectivity index is 2.15. The molecule has 0 fully saturated rings. The number of hydrogen-bond acceptors (Lipinski definition) is 2. The van der Waals surface area contributed by atoms with Crippen LogP contribution in [0.5, 0.6) is 0 Å². The van der Waals surface area contributed by atoms with Crippen LogP contribution in [0.25, 0.3) is 5.69 Å². The van der Waals surface area contributed by atoms with Crippen LogP contribution in [0, 0.1) is 6.92 Å². The van der Waals surface area contributed by atoms with Crippen molar-refractivity contribution in [3.63, 3.8) is 0 Å². The largest absolute Gasteiger partial charge is 0.481 e. The molecule has 17 heavy (non-hydrogen) atoms. The Bertz CT molecular complexity index is 532. The number of nitrogens with zero attached hydrogens (tertiary/aromatic N) is 2. The highest BCUT2D eigenvalue weighted by atomic mass is 16.4. The number of aryl methyl sites for hydroxylation is 2. The Labute approximate surface area is 99.5 Å². The van der Waals surface area contributed by atoms with E-state index in [0.29, 0.717) is 6.42 Å². The van der Waals surface area contributed by atoms with Crippen LogP contribution in [0.1, 0.15) is 17.7 Å². The Hall–Kier alpha value is -2.10. The summed E-state index contributed by atoms with van der Waals surface area (Å²) in [5.74, 6) is -0.796. The number of benzene rings is 1. The minimum Gasteiger partial charge on any atom is -0.481 e. The molecule has 0 saturated heterocycles. The van der Waals surface area contributed by atoms with E-state index in [9.17, 15) is 4.79 Å². The SMILES string of the molecule is Cc1cccc(-n2ccc(CCC(=O)O)n2)c1. The van der Waals surface area contributed by atoms with E-state index in [1.165, 1.54) is 5.56 Å². The van der Waals surface area contributed by atoms with E-state index < -0.39 is 5.97 Å². The standard InChI is InChI=1S/C13H14N2O2/c1-10-3-2-4-12(9-10)15-8-7-11(14-15)5-6-13(16)17/h2-4,7-9H,5-6H2,1H3,(H,16,17). The van der Waals surface area contributed by atoms with Gasteiger partial charge in [-0.15, -0.1) is 0 Å². The van der Waals surface area contributed by atoms with Gasteiger partial charge in [0, 0.05) is 12.6 Å². The van der Waals surface area contributed by atoms with Crippen molar-refractivity contribution >= 4 is 5.97 Å². The van der Waals surface area contributed by atoms with Crippen molar-refractivity contribution in [1.29, 1.82) is 0 Å². The summed E-state index contributed by atoms with van der Waals surface area (Å²) in [4.78, 5) is 10.5. The van der Waals surface area contributed by atoms with Gasteiger partial charge in [0.2, 0.25) is 0 Å². The lowest BCUT2D eigenvalue weighted by Gasteiger charge is -2.01. The lowest BCUT2D eigenvalue weighted by atomic mass is 10.2. The molecule has 0 aliphatic carbocycles. The average Bonchev–Trinajstić information content (AvgIpc) is 2.75. The van der Waals surface area contributed by atoms with Gasteiger partial charge >= 0.3 is 5.97 Å². The van der Waals surface area contributed by atoms with E-state index in [2.05, 4.69) is 5.10 Å². The van der Waals surface area contributed by atoms with Crippen LogP contribution < -0.4 is 0 Å². The monoisotopic (exact) mass is 230 g/mol. The molecule has 0 spiro atoms. The predicted molar refractivity (Wildman–Crippen MR) is 64.3 cm³/mol. The normalized spacial score (nSPS) is 10.4. The first-order valence-electron chi connectivity index (χ1n) is 5.48. The van der Waals surface area contributed by atoms with E-state index in [0.717, 1.165) is 11.4 Å². The third-order valence-electron chi connectivity index (χ3n) is 2.51. The zero-order chi connectivity index (χ0) is 12.3. The number of rotatable bonds is 4. The third-order valence-corrected chi connectivity index (χ3v) is 2.51. The van der Waals surface area contributed by atoms with Crippen molar-refractivity contribution in [2.75, 3.05) is 0 Å². The second-order valence-electron chi connectivity index (χ2n) is 3.98. The summed E-state index contributed by atoms with van der Waals surface area (Å²) >= 11 is 0. The number of carboxylic acids is 1. The first-order valence-corrected chi connectivity index (χ1v) is 5.48. The molecule has 1 aromatic heterocycles. The van der Waals surface area contributed by atoms with Gasteiger partial charge in [-0.3, -0.25) is 4.79 Å². The van der Waals surface area contributed by atoms with Crippen LogP contribution in [-0.2, 0) is 11.2 Å². The van der Waals surface area contributed by atoms with Crippen molar-refractivity contribution in [3.8, 4) is 5.69 Å². The molecule has 0 aliphatic heterocycles. The molecule has 4 heteroatoms. The van der Waals surface area contributed by atoms with E-state index in [1.807, 2.05) is 43.5 Å². The Kier molecular flexibility index (Phi) is 3.23. The Morgan fingerprint density at radius 1 is 1.41 bits per heavy atom. The molecular formula is C13H14N2O2. The van der Waals surface area contributed by atoms with Crippen molar-refractivity contribution in [2.45, 2.75) is 19.8 Å². The molecule has 1 heterocycles. The quantitative estimate of drug-likeness (QED) is 0.876. The number of hydrogen-bond donors (Lipinski definition) is 1. The van der Waals surface area contributed by atoms with Gasteiger partial charge in [-0.1, -0.05) is 12.1 Å². The minimum absolute atomic E-state index is 0.116. The summed E-state index contributed by atoms with van der Waals surface area (Å²) in [6.07, 6.45) is 2.44. The fourth-order valence-electron chi connectivity index (χ4n) is 1.64. The maximum absolute atomic E-state index is 10.5. The van der Waals surface area contributed by atoms with Gasteiger partial charge in [0.15, 0.2) is 0 Å². The molecule has 1 aromatic carbocycles. The average molecular weight is 230 g/mol. The zero-order valence-corrected chi connectivity index (χ0v) is 9.63. The van der Waals surface area contributed by atoms with Gasteiger partial charge < -0.3 is 5.11 Å². The zero-order valence-electron chi connectivity index (χ0n) is 9.63. The Morgan fingerprint density at radius 3 is 2.94 bits per heavy atom. The highest BCUT2D eigenvalue weighted by Crippen LogP contribution is 2.10. The van der Waals surface area contributed by atoms with Gasteiger partial charge in [-0.05, 0) is 30.7 Å². The summed E-state index contributed by atoms with van der Waals surface area (Å²) in [5.41, 5.74) is 2.96. The topological polar surface area (TPSA) is 55.1 Å². The Morgan fingerprint density at radius 2 is 2.24 bits per heavy atom. The van der Waals surface area contributed by atoms with E-state index in [1.54, 1.807) is 4.68 Å². The van der Waals surface area contributed by atoms with Crippen molar-refractivity contribution in [1.82, 2.24) is 9.78 Å². The van der Waals surface area contributed by atoms with Crippen molar-refractivity contribution in [3.05, 3.63) is 47.8 Å². The first-order chi connectivity index (χ1) is 8.15. The highest BCUT2D eigenvalue weighted by Gasteiger charge is 2.04. The summed E-state index contributed by atoms with van der Waals surface area (Å²) < 4.78 is 1.77. The minimum atomic E-state index is -0.796. The van der Waals surface area contributed by atoms with Crippen molar-refractivity contribution < 1.29 is 9.90 Å². The van der Waals surface area contributed by atoms with Crippen LogP contribution >= 0.6 is 0 Å². The van der Waals surface area contributed by atoms with Gasteiger partial charge in [0.25, 0.3) is 0 Å². The molecule has 0 bridgehead atoms. The molecule has 0 aliphatic rings. The third kappa shape index (κ3) is 2.93. The molecule has 0 radical (unpaired) electrons. The molecule has 4 nitrogen and oxygen atoms in total. The second kappa shape index (κ2) is 4.82. The summed E-state index contributed by atoms with van der Waals surface area (Å²) in [6.45, 7) is 2.03. The maximum Gasteiger partial charge on any atom is 0.303 e. The number of aliphatic carboxylic acids is 1. The van der Waals surface area contributed by atoms with Gasteiger partial charge in [-0.25, -0.2) is 4.68 Å². The molecule has 0 atom stereocenters. The second-order valence-corrected chi connectivity index (χ2v) is 3.98. The van der Waals surface area contributed by atoms with Gasteiger partial charge in [0.05, 0.1) is 17.8 Å². The fourth-order valence-corrected chi connectivity index (χ4v) is 1.64. The number of carboxylic acid groups (broad SMARTS) is 1. The maximum atomic E-state index is 10.5. The lowest BCUT2D eigenvalue weighted by molar-refractivity contribution is -0.136. The molecule has 2 rings (SSSR count). The molecule has 0 saturated carbocycles.